The molecule has 0 aromatic carbocycles. The zero-order valence-corrected chi connectivity index (χ0v) is 14.8. The van der Waals surface area contributed by atoms with Crippen LogP contribution in [0.5, 0.6) is 0 Å². The van der Waals surface area contributed by atoms with Gasteiger partial charge >= 0.3 is 0 Å². The van der Waals surface area contributed by atoms with E-state index in [1.807, 2.05) is 11.9 Å². The molecule has 0 bridgehead atoms. The standard InChI is InChI=1S/C17H32N4O2/c1-13(2)20(3)12-16(22)21-9-5-6-14(11-21)10-19-17(23)15-7-4-8-18-15/h13-15,18H,4-12H2,1-3H3,(H,19,23). The lowest BCUT2D eigenvalue weighted by molar-refractivity contribution is -0.134. The summed E-state index contributed by atoms with van der Waals surface area (Å²) in [4.78, 5) is 28.5. The molecule has 2 heterocycles. The summed E-state index contributed by atoms with van der Waals surface area (Å²) in [7, 11) is 1.98. The van der Waals surface area contributed by atoms with Gasteiger partial charge in [-0.05, 0) is 59.0 Å². The Balaban J connectivity index is 1.74. The Morgan fingerprint density at radius 1 is 1.30 bits per heavy atom. The fourth-order valence-electron chi connectivity index (χ4n) is 3.23. The van der Waals surface area contributed by atoms with Gasteiger partial charge in [0.1, 0.15) is 0 Å². The SMILES string of the molecule is CC(C)N(C)CC(=O)N1CCCC(CNC(=O)C2CCCN2)C1. The molecule has 0 spiro atoms. The van der Waals surface area contributed by atoms with Gasteiger partial charge in [-0.25, -0.2) is 0 Å². The van der Waals surface area contributed by atoms with Crippen molar-refractivity contribution in [2.45, 2.75) is 51.6 Å². The van der Waals surface area contributed by atoms with E-state index in [0.29, 0.717) is 25.0 Å². The summed E-state index contributed by atoms with van der Waals surface area (Å²) < 4.78 is 0. The third-order valence-corrected chi connectivity index (χ3v) is 5.08. The molecule has 2 N–H and O–H groups in total. The Hall–Kier alpha value is -1.14. The number of nitrogens with zero attached hydrogens (tertiary/aromatic N) is 2. The van der Waals surface area contributed by atoms with Crippen molar-refractivity contribution >= 4 is 11.8 Å². The van der Waals surface area contributed by atoms with Crippen LogP contribution >= 0.6 is 0 Å². The molecule has 2 aliphatic rings. The molecular formula is C17H32N4O2. The van der Waals surface area contributed by atoms with E-state index in [9.17, 15) is 9.59 Å². The minimum absolute atomic E-state index is 0.0176. The third-order valence-electron chi connectivity index (χ3n) is 5.08. The molecular weight excluding hydrogens is 292 g/mol. The smallest absolute Gasteiger partial charge is 0.237 e. The lowest BCUT2D eigenvalue weighted by Crippen LogP contribution is -2.49. The maximum atomic E-state index is 12.4. The van der Waals surface area contributed by atoms with E-state index < -0.39 is 0 Å². The number of carbonyl (C=O) groups excluding carboxylic acids is 2. The van der Waals surface area contributed by atoms with Crippen LogP contribution in [0.3, 0.4) is 0 Å². The predicted molar refractivity (Wildman–Crippen MR) is 91.1 cm³/mol. The van der Waals surface area contributed by atoms with Crippen molar-refractivity contribution in [1.82, 2.24) is 20.4 Å². The van der Waals surface area contributed by atoms with Crippen LogP contribution in [0.1, 0.15) is 39.5 Å². The number of rotatable bonds is 6. The molecule has 2 unspecified atom stereocenters. The second kappa shape index (κ2) is 8.64. The Morgan fingerprint density at radius 3 is 2.74 bits per heavy atom. The second-order valence-corrected chi connectivity index (χ2v) is 7.25. The van der Waals surface area contributed by atoms with E-state index in [4.69, 9.17) is 0 Å². The molecule has 2 atom stereocenters. The van der Waals surface area contributed by atoms with Crippen molar-refractivity contribution in [3.8, 4) is 0 Å². The molecule has 0 radical (unpaired) electrons. The van der Waals surface area contributed by atoms with E-state index in [-0.39, 0.29) is 17.9 Å². The van der Waals surface area contributed by atoms with Crippen LogP contribution in [-0.4, -0.2) is 73.5 Å². The van der Waals surface area contributed by atoms with Crippen molar-refractivity contribution in [3.05, 3.63) is 0 Å². The highest BCUT2D eigenvalue weighted by Crippen LogP contribution is 2.16. The summed E-state index contributed by atoms with van der Waals surface area (Å²) in [5.74, 6) is 0.697. The number of carbonyl (C=O) groups is 2. The molecule has 2 aliphatic heterocycles. The average Bonchev–Trinajstić information content (AvgIpc) is 3.07. The highest BCUT2D eigenvalue weighted by molar-refractivity contribution is 5.82. The van der Waals surface area contributed by atoms with Crippen LogP contribution < -0.4 is 10.6 Å². The van der Waals surface area contributed by atoms with E-state index >= 15 is 0 Å². The fraction of sp³-hybridized carbons (Fsp3) is 0.882. The van der Waals surface area contributed by atoms with Crippen molar-refractivity contribution in [3.63, 3.8) is 0 Å². The Labute approximate surface area is 140 Å². The average molecular weight is 324 g/mol. The zero-order chi connectivity index (χ0) is 16.8. The number of likely N-dealkylation sites (tertiary alicyclic amines) is 1. The molecule has 6 heteroatoms. The van der Waals surface area contributed by atoms with Gasteiger partial charge in [-0.2, -0.15) is 0 Å². The number of hydrogen-bond acceptors (Lipinski definition) is 4. The van der Waals surface area contributed by atoms with E-state index in [1.54, 1.807) is 0 Å². The molecule has 6 nitrogen and oxygen atoms in total. The first kappa shape index (κ1) is 18.2. The number of amides is 2. The molecule has 2 rings (SSSR count). The maximum absolute atomic E-state index is 12.4. The van der Waals surface area contributed by atoms with Gasteiger partial charge in [0, 0.05) is 25.7 Å². The van der Waals surface area contributed by atoms with Crippen LogP contribution in [0.15, 0.2) is 0 Å². The number of hydrogen-bond donors (Lipinski definition) is 2. The summed E-state index contributed by atoms with van der Waals surface area (Å²) in [6, 6.07) is 0.355. The molecule has 132 valence electrons. The van der Waals surface area contributed by atoms with Crippen LogP contribution in [-0.2, 0) is 9.59 Å². The highest BCUT2D eigenvalue weighted by Gasteiger charge is 2.26. The largest absolute Gasteiger partial charge is 0.354 e. The van der Waals surface area contributed by atoms with E-state index in [0.717, 1.165) is 45.3 Å². The zero-order valence-electron chi connectivity index (χ0n) is 14.8. The van der Waals surface area contributed by atoms with Crippen LogP contribution in [0.4, 0.5) is 0 Å². The molecule has 23 heavy (non-hydrogen) atoms. The summed E-state index contributed by atoms with van der Waals surface area (Å²) in [5, 5.41) is 6.28. The molecule has 0 aromatic heterocycles. The Morgan fingerprint density at radius 2 is 2.09 bits per heavy atom. The quantitative estimate of drug-likeness (QED) is 0.744. The van der Waals surface area contributed by atoms with Gasteiger partial charge in [-0.3, -0.25) is 14.5 Å². The van der Waals surface area contributed by atoms with Gasteiger partial charge in [0.05, 0.1) is 12.6 Å². The first-order valence-corrected chi connectivity index (χ1v) is 8.96. The normalized spacial score (nSPS) is 25.2. The van der Waals surface area contributed by atoms with Crippen molar-refractivity contribution in [2.24, 2.45) is 5.92 Å². The summed E-state index contributed by atoms with van der Waals surface area (Å²) in [5.41, 5.74) is 0. The van der Waals surface area contributed by atoms with E-state index in [2.05, 4.69) is 29.4 Å². The molecule has 2 saturated heterocycles. The van der Waals surface area contributed by atoms with Crippen LogP contribution in [0.25, 0.3) is 0 Å². The molecule has 0 saturated carbocycles. The summed E-state index contributed by atoms with van der Waals surface area (Å²) in [6.45, 7) is 7.90. The second-order valence-electron chi connectivity index (χ2n) is 7.25. The Kier molecular flexibility index (Phi) is 6.84. The minimum Gasteiger partial charge on any atom is -0.354 e. The van der Waals surface area contributed by atoms with Gasteiger partial charge in [-0.1, -0.05) is 0 Å². The molecule has 2 fully saturated rings. The third kappa shape index (κ3) is 5.46. The van der Waals surface area contributed by atoms with Crippen LogP contribution in [0, 0.1) is 5.92 Å². The van der Waals surface area contributed by atoms with Gasteiger partial charge in [0.15, 0.2) is 0 Å². The van der Waals surface area contributed by atoms with Gasteiger partial charge in [0.2, 0.25) is 11.8 Å². The monoisotopic (exact) mass is 324 g/mol. The van der Waals surface area contributed by atoms with Crippen molar-refractivity contribution in [2.75, 3.05) is 39.8 Å². The molecule has 0 aromatic rings. The number of nitrogens with one attached hydrogen (secondary N) is 2. The van der Waals surface area contributed by atoms with Crippen LogP contribution in [0.2, 0.25) is 0 Å². The topological polar surface area (TPSA) is 64.7 Å². The first-order chi connectivity index (χ1) is 11.0. The van der Waals surface area contributed by atoms with Gasteiger partial charge < -0.3 is 15.5 Å². The van der Waals surface area contributed by atoms with Crippen molar-refractivity contribution < 1.29 is 9.59 Å². The lowest BCUT2D eigenvalue weighted by atomic mass is 9.97. The predicted octanol–water partition coefficient (Wildman–Crippen LogP) is 0.433. The molecule has 0 aliphatic carbocycles. The highest BCUT2D eigenvalue weighted by atomic mass is 16.2. The minimum atomic E-state index is -0.0176. The summed E-state index contributed by atoms with van der Waals surface area (Å²) in [6.07, 6.45) is 4.12. The first-order valence-electron chi connectivity index (χ1n) is 8.96. The summed E-state index contributed by atoms with van der Waals surface area (Å²) >= 11 is 0. The lowest BCUT2D eigenvalue weighted by Gasteiger charge is -2.34. The Bertz CT molecular complexity index is 407. The van der Waals surface area contributed by atoms with Gasteiger partial charge in [-0.15, -0.1) is 0 Å². The maximum Gasteiger partial charge on any atom is 0.237 e. The molecule has 2 amide bonds. The fourth-order valence-corrected chi connectivity index (χ4v) is 3.23. The van der Waals surface area contributed by atoms with E-state index in [1.165, 1.54) is 0 Å². The number of piperidine rings is 1. The number of likely N-dealkylation sites (N-methyl/N-ethyl adjacent to an activating group) is 1. The van der Waals surface area contributed by atoms with Gasteiger partial charge in [0.25, 0.3) is 0 Å². The van der Waals surface area contributed by atoms with Crippen molar-refractivity contribution in [1.29, 1.82) is 0 Å².